The first-order valence-corrected chi connectivity index (χ1v) is 5.80. The van der Waals surface area contributed by atoms with Crippen molar-refractivity contribution in [2.45, 2.75) is 32.7 Å². The fraction of sp³-hybridized carbons (Fsp3) is 0.818. The summed E-state index contributed by atoms with van der Waals surface area (Å²) in [5.74, 6) is -0.765. The smallest absolute Gasteiger partial charge is 0.305 e. The average Bonchev–Trinajstić information content (AvgIpc) is 2.64. The summed E-state index contributed by atoms with van der Waals surface area (Å²) in [5.41, 5.74) is 0. The monoisotopic (exact) mass is 228 g/mol. The van der Waals surface area contributed by atoms with Gasteiger partial charge in [0.2, 0.25) is 5.91 Å². The van der Waals surface area contributed by atoms with Crippen LogP contribution in [0.4, 0.5) is 0 Å². The molecule has 1 heterocycles. The molecule has 2 unspecified atom stereocenters. The minimum atomic E-state index is -0.858. The largest absolute Gasteiger partial charge is 0.481 e. The van der Waals surface area contributed by atoms with Crippen LogP contribution in [0.1, 0.15) is 26.7 Å². The topological polar surface area (TPSA) is 69.6 Å². The summed E-state index contributed by atoms with van der Waals surface area (Å²) in [7, 11) is 0. The molecular formula is C11H20N2O3. The predicted octanol–water partition coefficient (Wildman–Crippen LogP) is 0.308. The summed E-state index contributed by atoms with van der Waals surface area (Å²) in [6, 6.07) is 0.200. The summed E-state index contributed by atoms with van der Waals surface area (Å²) in [5, 5.41) is 11.8. The third-order valence-corrected chi connectivity index (χ3v) is 3.13. The molecule has 1 amide bonds. The molecule has 0 radical (unpaired) electrons. The number of nitrogens with one attached hydrogen (secondary N) is 1. The Kier molecular flexibility index (Phi) is 4.73. The Balaban J connectivity index is 2.51. The lowest BCUT2D eigenvalue weighted by molar-refractivity contribution is -0.139. The van der Waals surface area contributed by atoms with Crippen molar-refractivity contribution in [3.63, 3.8) is 0 Å². The predicted molar refractivity (Wildman–Crippen MR) is 60.1 cm³/mol. The molecule has 0 aromatic carbocycles. The minimum Gasteiger partial charge on any atom is -0.481 e. The van der Waals surface area contributed by atoms with Gasteiger partial charge in [0.1, 0.15) is 0 Å². The zero-order chi connectivity index (χ0) is 12.1. The van der Waals surface area contributed by atoms with Gasteiger partial charge in [-0.25, -0.2) is 0 Å². The van der Waals surface area contributed by atoms with Gasteiger partial charge in [-0.1, -0.05) is 0 Å². The van der Waals surface area contributed by atoms with E-state index in [-0.39, 0.29) is 24.3 Å². The van der Waals surface area contributed by atoms with Crippen molar-refractivity contribution in [1.82, 2.24) is 10.2 Å². The first kappa shape index (κ1) is 13.0. The van der Waals surface area contributed by atoms with Gasteiger partial charge in [-0.3, -0.25) is 9.59 Å². The average molecular weight is 228 g/mol. The van der Waals surface area contributed by atoms with Gasteiger partial charge in [0, 0.05) is 19.1 Å². The summed E-state index contributed by atoms with van der Waals surface area (Å²) in [4.78, 5) is 24.2. The molecule has 0 spiro atoms. The van der Waals surface area contributed by atoms with Crippen LogP contribution in [-0.2, 0) is 9.59 Å². The van der Waals surface area contributed by atoms with Crippen LogP contribution in [0.25, 0.3) is 0 Å². The van der Waals surface area contributed by atoms with E-state index in [1.807, 2.05) is 13.8 Å². The van der Waals surface area contributed by atoms with Crippen molar-refractivity contribution >= 4 is 11.9 Å². The first-order chi connectivity index (χ1) is 7.56. The van der Waals surface area contributed by atoms with Crippen molar-refractivity contribution in [1.29, 1.82) is 0 Å². The van der Waals surface area contributed by atoms with Gasteiger partial charge in [-0.15, -0.1) is 0 Å². The highest BCUT2D eigenvalue weighted by Crippen LogP contribution is 2.18. The molecule has 2 N–H and O–H groups in total. The SMILES string of the molecule is CCN(CCC(=O)O)C(=O)C1CCNC1C. The number of hydrogen-bond acceptors (Lipinski definition) is 3. The number of carboxylic acids is 1. The van der Waals surface area contributed by atoms with Crippen LogP contribution >= 0.6 is 0 Å². The van der Waals surface area contributed by atoms with Gasteiger partial charge in [0.25, 0.3) is 0 Å². The maximum Gasteiger partial charge on any atom is 0.305 e. The van der Waals surface area contributed by atoms with Gasteiger partial charge in [-0.2, -0.15) is 0 Å². The van der Waals surface area contributed by atoms with Crippen LogP contribution in [0.5, 0.6) is 0 Å². The number of carboxylic acid groups (broad SMARTS) is 1. The number of carbonyl (C=O) groups excluding carboxylic acids is 1. The maximum absolute atomic E-state index is 12.1. The molecular weight excluding hydrogens is 208 g/mol. The molecule has 5 nitrogen and oxygen atoms in total. The van der Waals surface area contributed by atoms with Crippen LogP contribution in [0, 0.1) is 5.92 Å². The molecule has 2 atom stereocenters. The Morgan fingerprint density at radius 2 is 2.19 bits per heavy atom. The number of carbonyl (C=O) groups is 2. The maximum atomic E-state index is 12.1. The van der Waals surface area contributed by atoms with Crippen LogP contribution in [0.3, 0.4) is 0 Å². The number of aliphatic carboxylic acids is 1. The molecule has 16 heavy (non-hydrogen) atoms. The van der Waals surface area contributed by atoms with Crippen molar-refractivity contribution in [3.05, 3.63) is 0 Å². The van der Waals surface area contributed by atoms with E-state index < -0.39 is 5.97 Å². The number of rotatable bonds is 5. The lowest BCUT2D eigenvalue weighted by atomic mass is 10.0. The lowest BCUT2D eigenvalue weighted by Gasteiger charge is -2.25. The van der Waals surface area contributed by atoms with E-state index in [1.165, 1.54) is 0 Å². The summed E-state index contributed by atoms with van der Waals surface area (Å²) < 4.78 is 0. The van der Waals surface area contributed by atoms with Crippen LogP contribution in [0.15, 0.2) is 0 Å². The first-order valence-electron chi connectivity index (χ1n) is 5.80. The quantitative estimate of drug-likeness (QED) is 0.710. The summed E-state index contributed by atoms with van der Waals surface area (Å²) in [6.45, 7) is 5.64. The van der Waals surface area contributed by atoms with Gasteiger partial charge < -0.3 is 15.3 Å². The van der Waals surface area contributed by atoms with E-state index in [4.69, 9.17) is 5.11 Å². The van der Waals surface area contributed by atoms with Crippen molar-refractivity contribution in [2.75, 3.05) is 19.6 Å². The van der Waals surface area contributed by atoms with Gasteiger partial charge >= 0.3 is 5.97 Å². The normalized spacial score (nSPS) is 24.4. The second-order valence-electron chi connectivity index (χ2n) is 4.20. The Labute approximate surface area is 95.8 Å². The standard InChI is InChI=1S/C11H20N2O3/c1-3-13(7-5-10(14)15)11(16)9-4-6-12-8(9)2/h8-9,12H,3-7H2,1-2H3,(H,14,15). The molecule has 1 rings (SSSR count). The van der Waals surface area contributed by atoms with Crippen molar-refractivity contribution in [3.8, 4) is 0 Å². The highest BCUT2D eigenvalue weighted by atomic mass is 16.4. The molecule has 1 saturated heterocycles. The van der Waals surface area contributed by atoms with Crippen molar-refractivity contribution in [2.24, 2.45) is 5.92 Å². The molecule has 0 aromatic heterocycles. The summed E-state index contributed by atoms with van der Waals surface area (Å²) in [6.07, 6.45) is 0.873. The molecule has 0 saturated carbocycles. The van der Waals surface area contributed by atoms with Gasteiger partial charge in [0.15, 0.2) is 0 Å². The zero-order valence-electron chi connectivity index (χ0n) is 9.90. The Morgan fingerprint density at radius 3 is 2.62 bits per heavy atom. The summed E-state index contributed by atoms with van der Waals surface area (Å²) >= 11 is 0. The zero-order valence-corrected chi connectivity index (χ0v) is 9.90. The minimum absolute atomic E-state index is 0.00810. The Bertz CT molecular complexity index is 268. The van der Waals surface area contributed by atoms with Crippen molar-refractivity contribution < 1.29 is 14.7 Å². The lowest BCUT2D eigenvalue weighted by Crippen LogP contribution is -2.41. The Hall–Kier alpha value is -1.10. The molecule has 1 aliphatic heterocycles. The molecule has 0 aliphatic carbocycles. The van der Waals surface area contributed by atoms with E-state index in [9.17, 15) is 9.59 Å². The molecule has 92 valence electrons. The van der Waals surface area contributed by atoms with E-state index in [1.54, 1.807) is 4.90 Å². The van der Waals surface area contributed by atoms with Crippen LogP contribution in [-0.4, -0.2) is 47.6 Å². The Morgan fingerprint density at radius 1 is 1.50 bits per heavy atom. The fourth-order valence-electron chi connectivity index (χ4n) is 2.09. The van der Waals surface area contributed by atoms with Crippen LogP contribution in [0.2, 0.25) is 0 Å². The van der Waals surface area contributed by atoms with Gasteiger partial charge in [-0.05, 0) is 26.8 Å². The molecule has 5 heteroatoms. The van der Waals surface area contributed by atoms with Crippen LogP contribution < -0.4 is 5.32 Å². The number of amides is 1. The number of nitrogens with zero attached hydrogens (tertiary/aromatic N) is 1. The number of hydrogen-bond donors (Lipinski definition) is 2. The molecule has 1 aliphatic rings. The fourth-order valence-corrected chi connectivity index (χ4v) is 2.09. The van der Waals surface area contributed by atoms with E-state index >= 15 is 0 Å². The second kappa shape index (κ2) is 5.84. The van der Waals surface area contributed by atoms with Gasteiger partial charge in [0.05, 0.1) is 12.3 Å². The molecule has 0 aromatic rings. The second-order valence-corrected chi connectivity index (χ2v) is 4.20. The van der Waals surface area contributed by atoms with E-state index in [0.717, 1.165) is 13.0 Å². The van der Waals surface area contributed by atoms with E-state index in [0.29, 0.717) is 13.1 Å². The highest BCUT2D eigenvalue weighted by molar-refractivity contribution is 5.80. The third-order valence-electron chi connectivity index (χ3n) is 3.13. The molecule has 0 bridgehead atoms. The third kappa shape index (κ3) is 3.20. The highest BCUT2D eigenvalue weighted by Gasteiger charge is 2.32. The van der Waals surface area contributed by atoms with E-state index in [2.05, 4.69) is 5.32 Å². The molecule has 1 fully saturated rings.